The molecule has 2 heterocycles. The SMILES string of the molecule is CCOCCN(C)c1ncnc(-n2cccn2)c1N. The fourth-order valence-electron chi connectivity index (χ4n) is 1.71. The summed E-state index contributed by atoms with van der Waals surface area (Å²) in [5, 5.41) is 4.13. The zero-order valence-corrected chi connectivity index (χ0v) is 11.2. The van der Waals surface area contributed by atoms with Gasteiger partial charge in [-0.05, 0) is 13.0 Å². The number of nitrogens with zero attached hydrogens (tertiary/aromatic N) is 5. The van der Waals surface area contributed by atoms with Crippen LogP contribution in [0, 0.1) is 0 Å². The second-order valence-corrected chi connectivity index (χ2v) is 4.00. The first-order chi connectivity index (χ1) is 9.24. The van der Waals surface area contributed by atoms with Crippen molar-refractivity contribution in [2.24, 2.45) is 0 Å². The van der Waals surface area contributed by atoms with E-state index >= 15 is 0 Å². The second-order valence-electron chi connectivity index (χ2n) is 4.00. The Hall–Kier alpha value is -2.15. The molecule has 0 spiro atoms. The minimum absolute atomic E-state index is 0.505. The molecule has 7 heteroatoms. The molecule has 7 nitrogen and oxygen atoms in total. The van der Waals surface area contributed by atoms with Gasteiger partial charge in [-0.1, -0.05) is 0 Å². The van der Waals surface area contributed by atoms with Crippen molar-refractivity contribution in [1.29, 1.82) is 0 Å². The zero-order valence-electron chi connectivity index (χ0n) is 11.2. The van der Waals surface area contributed by atoms with E-state index in [1.165, 1.54) is 6.33 Å². The van der Waals surface area contributed by atoms with Gasteiger partial charge in [0.15, 0.2) is 11.6 Å². The Bertz CT molecular complexity index is 513. The number of anilines is 2. The lowest BCUT2D eigenvalue weighted by molar-refractivity contribution is 0.154. The maximum absolute atomic E-state index is 6.11. The summed E-state index contributed by atoms with van der Waals surface area (Å²) in [5.74, 6) is 1.26. The maximum atomic E-state index is 6.11. The molecule has 0 aliphatic rings. The molecule has 0 aliphatic carbocycles. The third-order valence-corrected chi connectivity index (χ3v) is 2.70. The van der Waals surface area contributed by atoms with E-state index < -0.39 is 0 Å². The smallest absolute Gasteiger partial charge is 0.181 e. The van der Waals surface area contributed by atoms with Gasteiger partial charge in [-0.25, -0.2) is 14.6 Å². The second kappa shape index (κ2) is 6.14. The molecule has 0 bridgehead atoms. The fourth-order valence-corrected chi connectivity index (χ4v) is 1.71. The lowest BCUT2D eigenvalue weighted by atomic mass is 10.4. The molecule has 102 valence electrons. The van der Waals surface area contributed by atoms with Crippen molar-refractivity contribution in [3.8, 4) is 5.82 Å². The first kappa shape index (κ1) is 13.3. The van der Waals surface area contributed by atoms with Gasteiger partial charge in [-0.2, -0.15) is 5.10 Å². The molecule has 0 aromatic carbocycles. The van der Waals surface area contributed by atoms with Gasteiger partial charge in [-0.15, -0.1) is 0 Å². The summed E-state index contributed by atoms with van der Waals surface area (Å²) in [6.45, 7) is 4.02. The van der Waals surface area contributed by atoms with Crippen molar-refractivity contribution < 1.29 is 4.74 Å². The predicted octanol–water partition coefficient (Wildman–Crippen LogP) is 0.717. The average molecular weight is 262 g/mol. The van der Waals surface area contributed by atoms with E-state index in [1.807, 2.05) is 24.9 Å². The molecular weight excluding hydrogens is 244 g/mol. The van der Waals surface area contributed by atoms with E-state index in [2.05, 4.69) is 15.1 Å². The number of ether oxygens (including phenoxy) is 1. The summed E-state index contributed by atoms with van der Waals surface area (Å²) in [7, 11) is 1.92. The van der Waals surface area contributed by atoms with Crippen molar-refractivity contribution >= 4 is 11.5 Å². The highest BCUT2D eigenvalue weighted by atomic mass is 16.5. The summed E-state index contributed by atoms with van der Waals surface area (Å²) in [6, 6.07) is 1.82. The fraction of sp³-hybridized carbons (Fsp3) is 0.417. The Morgan fingerprint density at radius 2 is 2.26 bits per heavy atom. The topological polar surface area (TPSA) is 82.1 Å². The lowest BCUT2D eigenvalue weighted by Gasteiger charge is -2.20. The minimum atomic E-state index is 0.505. The number of hydrogen-bond donors (Lipinski definition) is 1. The van der Waals surface area contributed by atoms with Gasteiger partial charge in [-0.3, -0.25) is 0 Å². The normalized spacial score (nSPS) is 10.6. The summed E-state index contributed by atoms with van der Waals surface area (Å²) in [4.78, 5) is 10.3. The van der Waals surface area contributed by atoms with Gasteiger partial charge in [0.2, 0.25) is 0 Å². The van der Waals surface area contributed by atoms with Gasteiger partial charge in [0.1, 0.15) is 12.0 Å². The van der Waals surface area contributed by atoms with Crippen LogP contribution in [-0.2, 0) is 4.74 Å². The zero-order chi connectivity index (χ0) is 13.7. The molecule has 0 radical (unpaired) electrons. The maximum Gasteiger partial charge on any atom is 0.181 e. The summed E-state index contributed by atoms with van der Waals surface area (Å²) in [5.41, 5.74) is 6.62. The number of nitrogens with two attached hydrogens (primary N) is 1. The Morgan fingerprint density at radius 3 is 2.95 bits per heavy atom. The van der Waals surface area contributed by atoms with Crippen LogP contribution >= 0.6 is 0 Å². The Balaban J connectivity index is 2.20. The van der Waals surface area contributed by atoms with Gasteiger partial charge < -0.3 is 15.4 Å². The van der Waals surface area contributed by atoms with Crippen LogP contribution in [0.15, 0.2) is 24.8 Å². The largest absolute Gasteiger partial charge is 0.393 e. The van der Waals surface area contributed by atoms with Gasteiger partial charge in [0.05, 0.1) is 6.61 Å². The highest BCUT2D eigenvalue weighted by molar-refractivity contribution is 5.69. The summed E-state index contributed by atoms with van der Waals surface area (Å²) >= 11 is 0. The Morgan fingerprint density at radius 1 is 1.42 bits per heavy atom. The third kappa shape index (κ3) is 3.00. The molecule has 0 fully saturated rings. The van der Waals surface area contributed by atoms with Crippen molar-refractivity contribution in [3.05, 3.63) is 24.8 Å². The van der Waals surface area contributed by atoms with Crippen LogP contribution in [0.25, 0.3) is 5.82 Å². The van der Waals surface area contributed by atoms with Crippen molar-refractivity contribution in [1.82, 2.24) is 19.7 Å². The molecule has 0 saturated carbocycles. The molecule has 2 N–H and O–H groups in total. The molecule has 0 amide bonds. The summed E-state index contributed by atoms with van der Waals surface area (Å²) < 4.78 is 6.95. The molecule has 2 aromatic rings. The van der Waals surface area contributed by atoms with Crippen LogP contribution in [0.5, 0.6) is 0 Å². The van der Waals surface area contributed by atoms with E-state index in [-0.39, 0.29) is 0 Å². The molecular formula is C12H18N6O. The monoisotopic (exact) mass is 262 g/mol. The van der Waals surface area contributed by atoms with Crippen LogP contribution < -0.4 is 10.6 Å². The third-order valence-electron chi connectivity index (χ3n) is 2.70. The van der Waals surface area contributed by atoms with E-state index in [9.17, 15) is 0 Å². The molecule has 2 rings (SSSR count). The predicted molar refractivity (Wildman–Crippen MR) is 73.3 cm³/mol. The number of aromatic nitrogens is 4. The lowest BCUT2D eigenvalue weighted by Crippen LogP contribution is -2.25. The van der Waals surface area contributed by atoms with Crippen LogP contribution in [0.3, 0.4) is 0 Å². The standard InChI is InChI=1S/C12H18N6O/c1-3-19-8-7-17(2)11-10(13)12(15-9-14-11)18-6-4-5-16-18/h4-6,9H,3,7-8,13H2,1-2H3. The minimum Gasteiger partial charge on any atom is -0.393 e. The molecule has 19 heavy (non-hydrogen) atoms. The highest BCUT2D eigenvalue weighted by Crippen LogP contribution is 2.23. The van der Waals surface area contributed by atoms with E-state index in [0.29, 0.717) is 37.1 Å². The Labute approximate surface area is 112 Å². The summed E-state index contributed by atoms with van der Waals surface area (Å²) in [6.07, 6.45) is 4.96. The number of likely N-dealkylation sites (N-methyl/N-ethyl adjacent to an activating group) is 1. The molecule has 0 unspecified atom stereocenters. The highest BCUT2D eigenvalue weighted by Gasteiger charge is 2.13. The van der Waals surface area contributed by atoms with Gasteiger partial charge >= 0.3 is 0 Å². The van der Waals surface area contributed by atoms with E-state index in [4.69, 9.17) is 10.5 Å². The van der Waals surface area contributed by atoms with E-state index in [0.717, 1.165) is 0 Å². The number of rotatable bonds is 6. The quantitative estimate of drug-likeness (QED) is 0.772. The van der Waals surface area contributed by atoms with Gasteiger partial charge in [0, 0.05) is 32.6 Å². The average Bonchev–Trinajstić information content (AvgIpc) is 2.93. The van der Waals surface area contributed by atoms with Crippen LogP contribution in [0.4, 0.5) is 11.5 Å². The van der Waals surface area contributed by atoms with Crippen molar-refractivity contribution in [2.45, 2.75) is 6.92 Å². The van der Waals surface area contributed by atoms with Crippen molar-refractivity contribution in [2.75, 3.05) is 37.4 Å². The van der Waals surface area contributed by atoms with E-state index in [1.54, 1.807) is 17.1 Å². The molecule has 2 aromatic heterocycles. The molecule has 0 atom stereocenters. The van der Waals surface area contributed by atoms with Crippen LogP contribution in [-0.4, -0.2) is 46.6 Å². The first-order valence-corrected chi connectivity index (χ1v) is 6.13. The van der Waals surface area contributed by atoms with Crippen molar-refractivity contribution in [3.63, 3.8) is 0 Å². The number of nitrogen functional groups attached to an aromatic ring is 1. The van der Waals surface area contributed by atoms with Gasteiger partial charge in [0.25, 0.3) is 0 Å². The van der Waals surface area contributed by atoms with Crippen LogP contribution in [0.1, 0.15) is 6.92 Å². The first-order valence-electron chi connectivity index (χ1n) is 6.13. The molecule has 0 aliphatic heterocycles. The Kier molecular flexibility index (Phi) is 4.30. The van der Waals surface area contributed by atoms with Crippen LogP contribution in [0.2, 0.25) is 0 Å². The number of hydrogen-bond acceptors (Lipinski definition) is 6. The molecule has 0 saturated heterocycles.